The van der Waals surface area contributed by atoms with Gasteiger partial charge in [-0.3, -0.25) is 9.78 Å². The van der Waals surface area contributed by atoms with Crippen molar-refractivity contribution in [2.75, 3.05) is 13.6 Å². The molecule has 0 aliphatic rings. The largest absolute Gasteiger partial charge is 0.480 e. The van der Waals surface area contributed by atoms with E-state index >= 15 is 0 Å². The molecule has 0 spiro atoms. The van der Waals surface area contributed by atoms with Crippen molar-refractivity contribution in [2.24, 2.45) is 0 Å². The molecule has 7 heteroatoms. The first kappa shape index (κ1) is 15.1. The van der Waals surface area contributed by atoms with E-state index < -0.39 is 22.5 Å². The molecule has 0 aliphatic carbocycles. The van der Waals surface area contributed by atoms with Gasteiger partial charge in [-0.1, -0.05) is 12.1 Å². The van der Waals surface area contributed by atoms with Crippen LogP contribution in [0, 0.1) is 0 Å². The van der Waals surface area contributed by atoms with Gasteiger partial charge in [-0.25, -0.2) is 8.42 Å². The lowest BCUT2D eigenvalue weighted by molar-refractivity contribution is -0.137. The molecule has 0 saturated heterocycles. The Balaban J connectivity index is 2.28. The molecule has 1 N–H and O–H groups in total. The first-order valence-corrected chi connectivity index (χ1v) is 7.54. The van der Waals surface area contributed by atoms with Crippen molar-refractivity contribution in [3.8, 4) is 11.1 Å². The summed E-state index contributed by atoms with van der Waals surface area (Å²) in [4.78, 5) is 14.6. The molecule has 1 heterocycles. The van der Waals surface area contributed by atoms with Crippen molar-refractivity contribution in [3.05, 3.63) is 48.8 Å². The summed E-state index contributed by atoms with van der Waals surface area (Å²) in [5, 5.41) is 8.67. The summed E-state index contributed by atoms with van der Waals surface area (Å²) in [6, 6.07) is 9.92. The van der Waals surface area contributed by atoms with Crippen molar-refractivity contribution < 1.29 is 18.3 Å². The average Bonchev–Trinajstić information content (AvgIpc) is 2.47. The quantitative estimate of drug-likeness (QED) is 0.903. The molecule has 6 nitrogen and oxygen atoms in total. The summed E-state index contributed by atoms with van der Waals surface area (Å²) in [7, 11) is -2.56. The maximum atomic E-state index is 12.2. The van der Waals surface area contributed by atoms with Crippen LogP contribution in [0.2, 0.25) is 0 Å². The standard InChI is InChI=1S/C14H14N2O4S/c1-16(10-14(17)18)21(19,20)13-4-2-11(3-5-13)12-6-8-15-9-7-12/h2-9H,10H2,1H3,(H,17,18). The first-order chi connectivity index (χ1) is 9.91. The van der Waals surface area contributed by atoms with Gasteiger partial charge in [0.1, 0.15) is 6.54 Å². The molecule has 0 saturated carbocycles. The molecule has 110 valence electrons. The van der Waals surface area contributed by atoms with Crippen molar-refractivity contribution in [3.63, 3.8) is 0 Å². The molecule has 0 amide bonds. The highest BCUT2D eigenvalue weighted by molar-refractivity contribution is 7.89. The molecule has 2 aromatic rings. The fourth-order valence-electron chi connectivity index (χ4n) is 1.82. The van der Waals surface area contributed by atoms with Gasteiger partial charge < -0.3 is 5.11 Å². The fraction of sp³-hybridized carbons (Fsp3) is 0.143. The summed E-state index contributed by atoms with van der Waals surface area (Å²) >= 11 is 0. The first-order valence-electron chi connectivity index (χ1n) is 6.10. The Morgan fingerprint density at radius 3 is 2.14 bits per heavy atom. The van der Waals surface area contributed by atoms with E-state index in [4.69, 9.17) is 5.11 Å². The lowest BCUT2D eigenvalue weighted by atomic mass is 10.1. The zero-order valence-corrected chi connectivity index (χ0v) is 12.1. The molecule has 0 bridgehead atoms. The van der Waals surface area contributed by atoms with Gasteiger partial charge in [0.05, 0.1) is 4.90 Å². The number of benzene rings is 1. The minimum atomic E-state index is -3.79. The summed E-state index contributed by atoms with van der Waals surface area (Å²) in [6.45, 7) is -0.575. The predicted molar refractivity (Wildman–Crippen MR) is 77.1 cm³/mol. The summed E-state index contributed by atoms with van der Waals surface area (Å²) in [5.41, 5.74) is 1.78. The number of hydrogen-bond donors (Lipinski definition) is 1. The Kier molecular flexibility index (Phi) is 4.35. The number of rotatable bonds is 5. The predicted octanol–water partition coefficient (Wildman–Crippen LogP) is 1.45. The lowest BCUT2D eigenvalue weighted by Gasteiger charge is -2.15. The van der Waals surface area contributed by atoms with E-state index in [2.05, 4.69) is 4.98 Å². The van der Waals surface area contributed by atoms with Crippen molar-refractivity contribution in [1.29, 1.82) is 0 Å². The highest BCUT2D eigenvalue weighted by Gasteiger charge is 2.22. The van der Waals surface area contributed by atoms with Gasteiger partial charge in [0.2, 0.25) is 10.0 Å². The minimum absolute atomic E-state index is 0.0593. The van der Waals surface area contributed by atoms with Crippen LogP contribution in [0.25, 0.3) is 11.1 Å². The molecule has 1 aromatic carbocycles. The Labute approximate surface area is 122 Å². The Hall–Kier alpha value is -2.25. The van der Waals surface area contributed by atoms with Gasteiger partial charge >= 0.3 is 5.97 Å². The second kappa shape index (κ2) is 6.02. The number of carbonyl (C=O) groups is 1. The number of aliphatic carboxylic acids is 1. The van der Waals surface area contributed by atoms with E-state index in [-0.39, 0.29) is 4.90 Å². The van der Waals surface area contributed by atoms with Gasteiger partial charge in [-0.05, 0) is 35.4 Å². The third kappa shape index (κ3) is 3.45. The number of nitrogens with zero attached hydrogens (tertiary/aromatic N) is 2. The number of pyridine rings is 1. The molecule has 0 aliphatic heterocycles. The summed E-state index contributed by atoms with van der Waals surface area (Å²) in [5.74, 6) is -1.20. The minimum Gasteiger partial charge on any atom is -0.480 e. The topological polar surface area (TPSA) is 87.6 Å². The van der Waals surface area contributed by atoms with Crippen molar-refractivity contribution >= 4 is 16.0 Å². The molecule has 1 aromatic heterocycles. The van der Waals surface area contributed by atoms with E-state index in [1.807, 2.05) is 12.1 Å². The molecular formula is C14H14N2O4S. The third-order valence-corrected chi connectivity index (χ3v) is 4.75. The van der Waals surface area contributed by atoms with Crippen LogP contribution in [0.1, 0.15) is 0 Å². The van der Waals surface area contributed by atoms with Gasteiger partial charge in [0, 0.05) is 19.4 Å². The molecule has 0 radical (unpaired) electrons. The number of carboxylic acids is 1. The zero-order chi connectivity index (χ0) is 15.5. The van der Waals surface area contributed by atoms with E-state index in [0.29, 0.717) is 0 Å². The summed E-state index contributed by atoms with van der Waals surface area (Å²) in [6.07, 6.45) is 3.31. The average molecular weight is 306 g/mol. The van der Waals surface area contributed by atoms with Crippen molar-refractivity contribution in [2.45, 2.75) is 4.90 Å². The van der Waals surface area contributed by atoms with Gasteiger partial charge in [0.15, 0.2) is 0 Å². The van der Waals surface area contributed by atoms with Crippen LogP contribution >= 0.6 is 0 Å². The van der Waals surface area contributed by atoms with Crippen LogP contribution < -0.4 is 0 Å². The van der Waals surface area contributed by atoms with Crippen LogP contribution in [0.3, 0.4) is 0 Å². The Morgan fingerprint density at radius 1 is 1.10 bits per heavy atom. The highest BCUT2D eigenvalue weighted by atomic mass is 32.2. The van der Waals surface area contributed by atoms with Crippen LogP contribution in [-0.2, 0) is 14.8 Å². The molecule has 2 rings (SSSR count). The van der Waals surface area contributed by atoms with Crippen LogP contribution in [0.15, 0.2) is 53.7 Å². The Morgan fingerprint density at radius 2 is 1.62 bits per heavy atom. The maximum absolute atomic E-state index is 12.2. The van der Waals surface area contributed by atoms with Crippen LogP contribution in [0.5, 0.6) is 0 Å². The number of carboxylic acid groups (broad SMARTS) is 1. The normalized spacial score (nSPS) is 11.5. The maximum Gasteiger partial charge on any atom is 0.318 e. The molecule has 0 unspecified atom stereocenters. The highest BCUT2D eigenvalue weighted by Crippen LogP contribution is 2.21. The van der Waals surface area contributed by atoms with Crippen LogP contribution in [0.4, 0.5) is 0 Å². The van der Waals surface area contributed by atoms with Gasteiger partial charge in [-0.15, -0.1) is 0 Å². The monoisotopic (exact) mass is 306 g/mol. The second-order valence-corrected chi connectivity index (χ2v) is 6.46. The van der Waals surface area contributed by atoms with Crippen LogP contribution in [-0.4, -0.2) is 42.4 Å². The van der Waals surface area contributed by atoms with E-state index in [1.165, 1.54) is 19.2 Å². The van der Waals surface area contributed by atoms with E-state index in [0.717, 1.165) is 15.4 Å². The van der Waals surface area contributed by atoms with E-state index in [1.54, 1.807) is 24.5 Å². The van der Waals surface area contributed by atoms with E-state index in [9.17, 15) is 13.2 Å². The van der Waals surface area contributed by atoms with Gasteiger partial charge in [-0.2, -0.15) is 4.31 Å². The van der Waals surface area contributed by atoms with Crippen molar-refractivity contribution in [1.82, 2.24) is 9.29 Å². The number of hydrogen-bond acceptors (Lipinski definition) is 4. The zero-order valence-electron chi connectivity index (χ0n) is 11.3. The molecule has 0 atom stereocenters. The lowest BCUT2D eigenvalue weighted by Crippen LogP contribution is -2.31. The third-order valence-electron chi connectivity index (χ3n) is 2.93. The number of aromatic nitrogens is 1. The fourth-order valence-corrected chi connectivity index (χ4v) is 2.94. The number of sulfonamides is 1. The summed E-state index contributed by atoms with van der Waals surface area (Å²) < 4.78 is 25.1. The Bertz CT molecular complexity index is 727. The second-order valence-electron chi connectivity index (χ2n) is 4.42. The smallest absolute Gasteiger partial charge is 0.318 e. The molecule has 0 fully saturated rings. The SMILES string of the molecule is CN(CC(=O)O)S(=O)(=O)c1ccc(-c2ccncc2)cc1. The molecule has 21 heavy (non-hydrogen) atoms. The van der Waals surface area contributed by atoms with Gasteiger partial charge in [0.25, 0.3) is 0 Å². The molecular weight excluding hydrogens is 292 g/mol. The number of likely N-dealkylation sites (N-methyl/N-ethyl adjacent to an activating group) is 1.